The second kappa shape index (κ2) is 7.77. The van der Waals surface area contributed by atoms with Gasteiger partial charge >= 0.3 is 0 Å². The van der Waals surface area contributed by atoms with E-state index in [1.165, 1.54) is 11.3 Å². The van der Waals surface area contributed by atoms with Crippen LogP contribution < -0.4 is 10.2 Å². The Labute approximate surface area is 169 Å². The van der Waals surface area contributed by atoms with Crippen LogP contribution in [0, 0.1) is 0 Å². The summed E-state index contributed by atoms with van der Waals surface area (Å²) < 4.78 is 1.69. The zero-order valence-corrected chi connectivity index (χ0v) is 16.9. The van der Waals surface area contributed by atoms with E-state index in [2.05, 4.69) is 68.1 Å². The fourth-order valence-electron chi connectivity index (χ4n) is 3.46. The van der Waals surface area contributed by atoms with Crippen LogP contribution in [0.4, 0.5) is 11.5 Å². The Morgan fingerprint density at radius 1 is 1.21 bits per heavy atom. The minimum absolute atomic E-state index is 0.169. The van der Waals surface area contributed by atoms with E-state index in [-0.39, 0.29) is 5.28 Å². The number of hydrogen-bond acceptors (Lipinski definition) is 6. The molecular weight excluding hydrogens is 374 g/mol. The molecule has 0 unspecified atom stereocenters. The van der Waals surface area contributed by atoms with Crippen molar-refractivity contribution in [3.05, 3.63) is 53.6 Å². The Bertz CT molecular complexity index is 1000. The highest BCUT2D eigenvalue weighted by Gasteiger charge is 2.17. The van der Waals surface area contributed by atoms with E-state index in [4.69, 9.17) is 11.6 Å². The summed E-state index contributed by atoms with van der Waals surface area (Å²) in [5.74, 6) is 0.612. The number of halogens is 1. The van der Waals surface area contributed by atoms with Gasteiger partial charge in [-0.3, -0.25) is 0 Å². The van der Waals surface area contributed by atoms with Gasteiger partial charge in [0.2, 0.25) is 5.28 Å². The molecule has 28 heavy (non-hydrogen) atoms. The van der Waals surface area contributed by atoms with Gasteiger partial charge < -0.3 is 15.1 Å². The molecule has 1 fully saturated rings. The first-order valence-corrected chi connectivity index (χ1v) is 9.73. The molecule has 0 spiro atoms. The Morgan fingerprint density at radius 2 is 1.96 bits per heavy atom. The van der Waals surface area contributed by atoms with Crippen molar-refractivity contribution >= 4 is 34.3 Å². The molecule has 0 amide bonds. The standard InChI is InChI=1S/C20H24ClN7/c1-14(2)17-13-23-19-18(24-20(21)25-28(17)19)22-12-15-6-4-5-7-16(15)27-10-8-26(3)9-11-27/h4-7,13H,1,8-12H2,2-3H3,(H,22,24,25). The lowest BCUT2D eigenvalue weighted by Gasteiger charge is -2.35. The Hall–Kier alpha value is -2.64. The van der Waals surface area contributed by atoms with Crippen molar-refractivity contribution in [2.75, 3.05) is 43.4 Å². The summed E-state index contributed by atoms with van der Waals surface area (Å²) >= 11 is 6.15. The fourth-order valence-corrected chi connectivity index (χ4v) is 3.62. The number of nitrogens with zero attached hydrogens (tertiary/aromatic N) is 6. The summed E-state index contributed by atoms with van der Waals surface area (Å²) in [6, 6.07) is 8.48. The van der Waals surface area contributed by atoms with Crippen LogP contribution in [0.2, 0.25) is 5.28 Å². The maximum atomic E-state index is 6.15. The van der Waals surface area contributed by atoms with Crippen molar-refractivity contribution in [3.8, 4) is 0 Å². The van der Waals surface area contributed by atoms with Gasteiger partial charge in [-0.2, -0.15) is 4.98 Å². The van der Waals surface area contributed by atoms with Gasteiger partial charge in [0, 0.05) is 38.4 Å². The summed E-state index contributed by atoms with van der Waals surface area (Å²) in [7, 11) is 2.17. The molecule has 8 heteroatoms. The number of allylic oxidation sites excluding steroid dienone is 1. The Morgan fingerprint density at radius 3 is 2.71 bits per heavy atom. The Kier molecular flexibility index (Phi) is 5.19. The number of fused-ring (bicyclic) bond motifs is 1. The number of benzene rings is 1. The molecule has 1 aliphatic heterocycles. The molecule has 4 rings (SSSR count). The van der Waals surface area contributed by atoms with Gasteiger partial charge in [0.25, 0.3) is 0 Å². The Balaban J connectivity index is 1.60. The third-order valence-electron chi connectivity index (χ3n) is 5.06. The zero-order chi connectivity index (χ0) is 19.7. The predicted molar refractivity (Wildman–Crippen MR) is 114 cm³/mol. The lowest BCUT2D eigenvalue weighted by atomic mass is 10.1. The quantitative estimate of drug-likeness (QED) is 0.713. The molecule has 0 saturated carbocycles. The number of hydrogen-bond donors (Lipinski definition) is 1. The first kappa shape index (κ1) is 18.7. The van der Waals surface area contributed by atoms with Gasteiger partial charge in [-0.1, -0.05) is 24.8 Å². The fraction of sp³-hybridized carbons (Fsp3) is 0.350. The maximum absolute atomic E-state index is 6.15. The number of piperazine rings is 1. The topological polar surface area (TPSA) is 61.6 Å². The highest BCUT2D eigenvalue weighted by atomic mass is 35.5. The third kappa shape index (κ3) is 3.68. The van der Waals surface area contributed by atoms with Gasteiger partial charge in [-0.25, -0.2) is 9.50 Å². The number of imidazole rings is 1. The van der Waals surface area contributed by atoms with Crippen LogP contribution in [-0.4, -0.2) is 57.7 Å². The molecule has 1 aromatic carbocycles. The number of aromatic nitrogens is 4. The van der Waals surface area contributed by atoms with Gasteiger partial charge in [0.1, 0.15) is 0 Å². The summed E-state index contributed by atoms with van der Waals surface area (Å²) in [6.07, 6.45) is 1.74. The van der Waals surface area contributed by atoms with Crippen LogP contribution in [0.25, 0.3) is 11.2 Å². The first-order chi connectivity index (χ1) is 13.5. The third-order valence-corrected chi connectivity index (χ3v) is 5.22. The summed E-state index contributed by atoms with van der Waals surface area (Å²) in [5.41, 5.74) is 4.80. The lowest BCUT2D eigenvalue weighted by Crippen LogP contribution is -2.44. The normalized spacial score (nSPS) is 15.2. The monoisotopic (exact) mass is 397 g/mol. The number of rotatable bonds is 5. The molecule has 146 valence electrons. The lowest BCUT2D eigenvalue weighted by molar-refractivity contribution is 0.312. The van der Waals surface area contributed by atoms with Crippen LogP contribution in [0.3, 0.4) is 0 Å². The van der Waals surface area contributed by atoms with E-state index in [0.29, 0.717) is 18.0 Å². The van der Waals surface area contributed by atoms with Gasteiger partial charge in [-0.15, -0.1) is 5.10 Å². The minimum Gasteiger partial charge on any atom is -0.369 e. The molecule has 3 aromatic rings. The molecule has 0 bridgehead atoms. The van der Waals surface area contributed by atoms with Crippen LogP contribution in [0.1, 0.15) is 18.2 Å². The number of anilines is 2. The molecule has 1 N–H and O–H groups in total. The van der Waals surface area contributed by atoms with Crippen molar-refractivity contribution < 1.29 is 0 Å². The van der Waals surface area contributed by atoms with E-state index in [1.807, 2.05) is 6.92 Å². The van der Waals surface area contributed by atoms with Crippen LogP contribution >= 0.6 is 11.6 Å². The van der Waals surface area contributed by atoms with Crippen molar-refractivity contribution in [2.24, 2.45) is 0 Å². The number of likely N-dealkylation sites (N-methyl/N-ethyl adjacent to an activating group) is 1. The van der Waals surface area contributed by atoms with Gasteiger partial charge in [0.15, 0.2) is 11.5 Å². The molecular formula is C20H24ClN7. The van der Waals surface area contributed by atoms with E-state index in [9.17, 15) is 0 Å². The van der Waals surface area contributed by atoms with E-state index in [0.717, 1.165) is 37.4 Å². The largest absolute Gasteiger partial charge is 0.369 e. The van der Waals surface area contributed by atoms with Crippen molar-refractivity contribution in [2.45, 2.75) is 13.5 Å². The van der Waals surface area contributed by atoms with Crippen LogP contribution in [0.15, 0.2) is 37.0 Å². The SMILES string of the molecule is C=C(C)c1cnc2c(NCc3ccccc3N3CCN(C)CC3)nc(Cl)nn12. The average molecular weight is 398 g/mol. The first-order valence-electron chi connectivity index (χ1n) is 9.35. The van der Waals surface area contributed by atoms with E-state index in [1.54, 1.807) is 10.7 Å². The summed E-state index contributed by atoms with van der Waals surface area (Å²) in [6.45, 7) is 10.7. The summed E-state index contributed by atoms with van der Waals surface area (Å²) in [5, 5.41) is 7.83. The van der Waals surface area contributed by atoms with E-state index >= 15 is 0 Å². The molecule has 1 saturated heterocycles. The zero-order valence-electron chi connectivity index (χ0n) is 16.2. The van der Waals surface area contributed by atoms with E-state index < -0.39 is 0 Å². The van der Waals surface area contributed by atoms with Crippen molar-refractivity contribution in [3.63, 3.8) is 0 Å². The van der Waals surface area contributed by atoms with Crippen LogP contribution in [0.5, 0.6) is 0 Å². The van der Waals surface area contributed by atoms with Gasteiger partial charge in [-0.05, 0) is 42.8 Å². The second-order valence-electron chi connectivity index (χ2n) is 7.16. The highest BCUT2D eigenvalue weighted by Crippen LogP contribution is 2.24. The molecule has 0 atom stereocenters. The molecule has 1 aliphatic rings. The van der Waals surface area contributed by atoms with Crippen molar-refractivity contribution in [1.29, 1.82) is 0 Å². The molecule has 7 nitrogen and oxygen atoms in total. The second-order valence-corrected chi connectivity index (χ2v) is 7.50. The molecule has 0 radical (unpaired) electrons. The molecule has 0 aliphatic carbocycles. The smallest absolute Gasteiger partial charge is 0.243 e. The minimum atomic E-state index is 0.169. The van der Waals surface area contributed by atoms with Crippen LogP contribution in [-0.2, 0) is 6.54 Å². The average Bonchev–Trinajstić information content (AvgIpc) is 3.11. The summed E-state index contributed by atoms with van der Waals surface area (Å²) in [4.78, 5) is 13.6. The molecule has 2 aromatic heterocycles. The highest BCUT2D eigenvalue weighted by molar-refractivity contribution is 6.28. The van der Waals surface area contributed by atoms with Crippen molar-refractivity contribution in [1.82, 2.24) is 24.5 Å². The predicted octanol–water partition coefficient (Wildman–Crippen LogP) is 3.17. The number of para-hydroxylation sites is 1. The number of nitrogens with one attached hydrogen (secondary N) is 1. The molecule has 3 heterocycles. The maximum Gasteiger partial charge on any atom is 0.243 e. The van der Waals surface area contributed by atoms with Gasteiger partial charge in [0.05, 0.1) is 11.9 Å².